The predicted octanol–water partition coefficient (Wildman–Crippen LogP) is 3.48. The number of aromatic hydroxyl groups is 1. The van der Waals surface area contributed by atoms with Crippen LogP contribution in [-0.2, 0) is 6.54 Å². The molecule has 2 N–H and O–H groups in total. The van der Waals surface area contributed by atoms with Gasteiger partial charge in [-0.3, -0.25) is 4.98 Å². The van der Waals surface area contributed by atoms with Crippen molar-refractivity contribution in [1.29, 1.82) is 0 Å². The quantitative estimate of drug-likeness (QED) is 0.904. The summed E-state index contributed by atoms with van der Waals surface area (Å²) in [7, 11) is 1.53. The Morgan fingerprint density at radius 3 is 2.79 bits per heavy atom. The maximum absolute atomic E-state index is 9.74. The highest BCUT2D eigenvalue weighted by Gasteiger charge is 2.08. The number of phenolic OH excluding ortho intramolecular Hbond substituents is 1. The van der Waals surface area contributed by atoms with Crippen LogP contribution in [0.4, 0.5) is 5.69 Å². The number of rotatable bonds is 4. The molecule has 2 rings (SSSR count). The standard InChI is InChI=1S/C14H15BrN2O2/c1-9-3-11(8-16-6-9)17-7-10-4-12(15)14(18)13(5-10)19-2/h3-6,8,17-18H,7H2,1-2H3. The van der Waals surface area contributed by atoms with Gasteiger partial charge in [0.1, 0.15) is 0 Å². The van der Waals surface area contributed by atoms with E-state index in [0.29, 0.717) is 16.8 Å². The van der Waals surface area contributed by atoms with Crippen LogP contribution in [0.1, 0.15) is 11.1 Å². The van der Waals surface area contributed by atoms with E-state index < -0.39 is 0 Å². The van der Waals surface area contributed by atoms with Crippen molar-refractivity contribution in [2.75, 3.05) is 12.4 Å². The number of nitrogens with zero attached hydrogens (tertiary/aromatic N) is 1. The molecule has 0 fully saturated rings. The molecule has 0 saturated carbocycles. The third kappa shape index (κ3) is 3.38. The van der Waals surface area contributed by atoms with Gasteiger partial charge in [-0.05, 0) is 52.2 Å². The number of hydrogen-bond acceptors (Lipinski definition) is 4. The van der Waals surface area contributed by atoms with E-state index in [1.54, 1.807) is 12.3 Å². The second kappa shape index (κ2) is 5.93. The summed E-state index contributed by atoms with van der Waals surface area (Å²) in [5, 5.41) is 13.0. The Morgan fingerprint density at radius 2 is 2.11 bits per heavy atom. The minimum atomic E-state index is 0.114. The molecule has 0 saturated heterocycles. The first-order valence-corrected chi connectivity index (χ1v) is 6.60. The third-order valence-corrected chi connectivity index (χ3v) is 3.28. The lowest BCUT2D eigenvalue weighted by Gasteiger charge is -2.10. The van der Waals surface area contributed by atoms with E-state index in [-0.39, 0.29) is 5.75 Å². The first kappa shape index (κ1) is 13.7. The fourth-order valence-electron chi connectivity index (χ4n) is 1.74. The largest absolute Gasteiger partial charge is 0.503 e. The maximum Gasteiger partial charge on any atom is 0.172 e. The molecular weight excluding hydrogens is 308 g/mol. The van der Waals surface area contributed by atoms with E-state index in [9.17, 15) is 5.11 Å². The van der Waals surface area contributed by atoms with Crippen LogP contribution in [0, 0.1) is 6.92 Å². The van der Waals surface area contributed by atoms with Crippen molar-refractivity contribution < 1.29 is 9.84 Å². The topological polar surface area (TPSA) is 54.4 Å². The zero-order chi connectivity index (χ0) is 13.8. The van der Waals surface area contributed by atoms with Crippen LogP contribution >= 0.6 is 15.9 Å². The molecule has 0 amide bonds. The van der Waals surface area contributed by atoms with Gasteiger partial charge in [0.15, 0.2) is 11.5 Å². The normalized spacial score (nSPS) is 10.3. The lowest BCUT2D eigenvalue weighted by atomic mass is 10.2. The van der Waals surface area contributed by atoms with E-state index in [4.69, 9.17) is 4.74 Å². The Hall–Kier alpha value is -1.75. The summed E-state index contributed by atoms with van der Waals surface area (Å²) in [5.41, 5.74) is 3.07. The molecule has 0 atom stereocenters. The van der Waals surface area contributed by atoms with Gasteiger partial charge in [0, 0.05) is 18.9 Å². The molecule has 4 nitrogen and oxygen atoms in total. The molecule has 0 aliphatic carbocycles. The Bertz CT molecular complexity index is 588. The molecule has 5 heteroatoms. The van der Waals surface area contributed by atoms with Gasteiger partial charge in [0.05, 0.1) is 17.3 Å². The van der Waals surface area contributed by atoms with Gasteiger partial charge in [-0.1, -0.05) is 0 Å². The Kier molecular flexibility index (Phi) is 4.27. The lowest BCUT2D eigenvalue weighted by molar-refractivity contribution is 0.371. The molecule has 100 valence electrons. The average Bonchev–Trinajstić information content (AvgIpc) is 2.40. The van der Waals surface area contributed by atoms with E-state index in [0.717, 1.165) is 16.8 Å². The van der Waals surface area contributed by atoms with Gasteiger partial charge in [0.2, 0.25) is 0 Å². The van der Waals surface area contributed by atoms with Crippen LogP contribution in [-0.4, -0.2) is 17.2 Å². The van der Waals surface area contributed by atoms with Gasteiger partial charge in [0.25, 0.3) is 0 Å². The first-order valence-electron chi connectivity index (χ1n) is 5.81. The van der Waals surface area contributed by atoms with E-state index in [1.165, 1.54) is 7.11 Å². The summed E-state index contributed by atoms with van der Waals surface area (Å²) < 4.78 is 5.73. The molecule has 0 radical (unpaired) electrons. The van der Waals surface area contributed by atoms with Crippen LogP contribution in [0.15, 0.2) is 35.1 Å². The predicted molar refractivity (Wildman–Crippen MR) is 78.7 cm³/mol. The van der Waals surface area contributed by atoms with Gasteiger partial charge in [-0.2, -0.15) is 0 Å². The van der Waals surface area contributed by atoms with Crippen LogP contribution in [0.2, 0.25) is 0 Å². The number of phenols is 1. The summed E-state index contributed by atoms with van der Waals surface area (Å²) in [6.45, 7) is 2.62. The molecule has 1 heterocycles. The Balaban J connectivity index is 2.13. The minimum absolute atomic E-state index is 0.114. The second-order valence-corrected chi connectivity index (χ2v) is 5.09. The van der Waals surface area contributed by atoms with Gasteiger partial charge in [-0.15, -0.1) is 0 Å². The fourth-order valence-corrected chi connectivity index (χ4v) is 2.23. The molecule has 1 aromatic heterocycles. The second-order valence-electron chi connectivity index (χ2n) is 4.23. The highest BCUT2D eigenvalue weighted by Crippen LogP contribution is 2.35. The number of aryl methyl sites for hydroxylation is 1. The molecule has 2 aromatic rings. The summed E-state index contributed by atoms with van der Waals surface area (Å²) in [6.07, 6.45) is 3.59. The molecule has 19 heavy (non-hydrogen) atoms. The molecular formula is C14H15BrN2O2. The molecule has 0 aliphatic heterocycles. The monoisotopic (exact) mass is 322 g/mol. The fraction of sp³-hybridized carbons (Fsp3) is 0.214. The molecule has 1 aromatic carbocycles. The Labute approximate surface area is 120 Å². The highest BCUT2D eigenvalue weighted by molar-refractivity contribution is 9.10. The van der Waals surface area contributed by atoms with Crippen molar-refractivity contribution >= 4 is 21.6 Å². The van der Waals surface area contributed by atoms with Crippen molar-refractivity contribution in [3.63, 3.8) is 0 Å². The smallest absolute Gasteiger partial charge is 0.172 e. The van der Waals surface area contributed by atoms with Crippen molar-refractivity contribution in [3.8, 4) is 11.5 Å². The maximum atomic E-state index is 9.74. The molecule has 0 aliphatic rings. The van der Waals surface area contributed by atoms with E-state index in [1.807, 2.05) is 25.3 Å². The minimum Gasteiger partial charge on any atom is -0.503 e. The van der Waals surface area contributed by atoms with E-state index in [2.05, 4.69) is 26.2 Å². The van der Waals surface area contributed by atoms with Crippen molar-refractivity contribution in [2.45, 2.75) is 13.5 Å². The van der Waals surface area contributed by atoms with Crippen LogP contribution < -0.4 is 10.1 Å². The molecule has 0 bridgehead atoms. The third-order valence-electron chi connectivity index (χ3n) is 2.68. The zero-order valence-corrected chi connectivity index (χ0v) is 12.4. The summed E-state index contributed by atoms with van der Waals surface area (Å²) in [5.74, 6) is 0.567. The first-order chi connectivity index (χ1) is 9.10. The van der Waals surface area contributed by atoms with Crippen molar-refractivity contribution in [3.05, 3.63) is 46.2 Å². The number of halogens is 1. The van der Waals surface area contributed by atoms with Crippen molar-refractivity contribution in [1.82, 2.24) is 4.98 Å². The van der Waals surface area contributed by atoms with Crippen LogP contribution in [0.5, 0.6) is 11.5 Å². The van der Waals surface area contributed by atoms with Crippen LogP contribution in [0.3, 0.4) is 0 Å². The highest BCUT2D eigenvalue weighted by atomic mass is 79.9. The number of aromatic nitrogens is 1. The Morgan fingerprint density at radius 1 is 1.32 bits per heavy atom. The average molecular weight is 323 g/mol. The summed E-state index contributed by atoms with van der Waals surface area (Å²) in [6, 6.07) is 5.68. The number of anilines is 1. The molecule has 0 spiro atoms. The summed E-state index contributed by atoms with van der Waals surface area (Å²) in [4.78, 5) is 4.13. The number of methoxy groups -OCH3 is 1. The SMILES string of the molecule is COc1cc(CNc2cncc(C)c2)cc(Br)c1O. The lowest BCUT2D eigenvalue weighted by Crippen LogP contribution is -2.00. The van der Waals surface area contributed by atoms with Gasteiger partial charge in [-0.25, -0.2) is 0 Å². The number of hydrogen-bond donors (Lipinski definition) is 2. The molecule has 0 unspecified atom stereocenters. The zero-order valence-electron chi connectivity index (χ0n) is 10.8. The number of benzene rings is 1. The van der Waals surface area contributed by atoms with Gasteiger partial charge < -0.3 is 15.2 Å². The van der Waals surface area contributed by atoms with Gasteiger partial charge >= 0.3 is 0 Å². The van der Waals surface area contributed by atoms with E-state index >= 15 is 0 Å². The summed E-state index contributed by atoms with van der Waals surface area (Å²) >= 11 is 3.31. The number of pyridine rings is 1. The van der Waals surface area contributed by atoms with Crippen molar-refractivity contribution in [2.24, 2.45) is 0 Å². The number of ether oxygens (including phenoxy) is 1. The van der Waals surface area contributed by atoms with Crippen LogP contribution in [0.25, 0.3) is 0 Å². The number of nitrogens with one attached hydrogen (secondary N) is 1.